The first-order chi connectivity index (χ1) is 9.92. The second-order valence-electron chi connectivity index (χ2n) is 5.14. The first-order valence-electron chi connectivity index (χ1n) is 7.02. The molecule has 0 saturated heterocycles. The van der Waals surface area contributed by atoms with E-state index in [0.717, 1.165) is 30.9 Å². The van der Waals surface area contributed by atoms with E-state index in [1.165, 1.54) is 11.1 Å². The predicted molar refractivity (Wildman–Crippen MR) is 78.6 cm³/mol. The van der Waals surface area contributed by atoms with Gasteiger partial charge in [0.2, 0.25) is 0 Å². The van der Waals surface area contributed by atoms with Crippen molar-refractivity contribution in [3.8, 4) is 0 Å². The van der Waals surface area contributed by atoms with Crippen molar-refractivity contribution in [2.75, 3.05) is 6.61 Å². The number of aromatic nitrogens is 2. The Balaban J connectivity index is 1.76. The molecule has 1 aromatic heterocycles. The largest absolute Gasteiger partial charge is 0.371 e. The fourth-order valence-corrected chi connectivity index (χ4v) is 2.92. The van der Waals surface area contributed by atoms with Crippen molar-refractivity contribution in [2.24, 2.45) is 0 Å². The maximum atomic E-state index is 6.02. The lowest BCUT2D eigenvalue weighted by Crippen LogP contribution is -2.06. The third kappa shape index (κ3) is 1.91. The zero-order valence-electron chi connectivity index (χ0n) is 11.2. The standard InChI is InChI=1S/C17H16N2O/c1-2-6-13(7-3-1)16-12-17-18-14-8-4-5-9-15(14)19(17)10-11-20-16/h1-9,16H,10-12H2. The van der Waals surface area contributed by atoms with Crippen LogP contribution < -0.4 is 0 Å². The van der Waals surface area contributed by atoms with Crippen molar-refractivity contribution in [1.29, 1.82) is 0 Å². The van der Waals surface area contributed by atoms with Crippen LogP contribution in [0.5, 0.6) is 0 Å². The third-order valence-electron chi connectivity index (χ3n) is 3.91. The van der Waals surface area contributed by atoms with Crippen LogP contribution in [0, 0.1) is 0 Å². The molecular formula is C17H16N2O. The van der Waals surface area contributed by atoms with Crippen LogP contribution >= 0.6 is 0 Å². The Bertz CT molecular complexity index is 733. The monoisotopic (exact) mass is 264 g/mol. The molecule has 20 heavy (non-hydrogen) atoms. The summed E-state index contributed by atoms with van der Waals surface area (Å²) in [7, 11) is 0. The summed E-state index contributed by atoms with van der Waals surface area (Å²) in [5.74, 6) is 1.12. The highest BCUT2D eigenvalue weighted by Gasteiger charge is 2.21. The van der Waals surface area contributed by atoms with E-state index in [0.29, 0.717) is 0 Å². The van der Waals surface area contributed by atoms with Crippen molar-refractivity contribution in [2.45, 2.75) is 19.1 Å². The normalized spacial score (nSPS) is 18.7. The lowest BCUT2D eigenvalue weighted by Gasteiger charge is -2.14. The minimum Gasteiger partial charge on any atom is -0.371 e. The fraction of sp³-hybridized carbons (Fsp3) is 0.235. The molecule has 4 rings (SSSR count). The van der Waals surface area contributed by atoms with Crippen molar-refractivity contribution in [3.63, 3.8) is 0 Å². The molecule has 3 heteroatoms. The number of hydrogen-bond acceptors (Lipinski definition) is 2. The van der Waals surface area contributed by atoms with Crippen LogP contribution in [0.15, 0.2) is 54.6 Å². The van der Waals surface area contributed by atoms with Gasteiger partial charge in [-0.25, -0.2) is 4.98 Å². The van der Waals surface area contributed by atoms with Gasteiger partial charge in [-0.1, -0.05) is 42.5 Å². The number of rotatable bonds is 1. The van der Waals surface area contributed by atoms with E-state index in [9.17, 15) is 0 Å². The van der Waals surface area contributed by atoms with Gasteiger partial charge < -0.3 is 9.30 Å². The Morgan fingerprint density at radius 3 is 2.70 bits per heavy atom. The minimum atomic E-state index is 0.106. The Labute approximate surface area is 117 Å². The van der Waals surface area contributed by atoms with E-state index in [1.54, 1.807) is 0 Å². The van der Waals surface area contributed by atoms with Crippen molar-refractivity contribution >= 4 is 11.0 Å². The molecule has 0 saturated carbocycles. The number of imidazole rings is 1. The molecule has 3 nitrogen and oxygen atoms in total. The molecule has 0 spiro atoms. The molecule has 0 amide bonds. The van der Waals surface area contributed by atoms with Gasteiger partial charge >= 0.3 is 0 Å². The van der Waals surface area contributed by atoms with Gasteiger partial charge in [-0.05, 0) is 17.7 Å². The molecule has 100 valence electrons. The molecule has 3 aromatic rings. The highest BCUT2D eigenvalue weighted by molar-refractivity contribution is 5.75. The molecule has 0 N–H and O–H groups in total. The molecule has 0 aliphatic carbocycles. The molecule has 0 radical (unpaired) electrons. The van der Waals surface area contributed by atoms with E-state index in [-0.39, 0.29) is 6.10 Å². The van der Waals surface area contributed by atoms with E-state index >= 15 is 0 Å². The zero-order chi connectivity index (χ0) is 13.4. The van der Waals surface area contributed by atoms with Gasteiger partial charge in [-0.15, -0.1) is 0 Å². The molecule has 2 heterocycles. The lowest BCUT2D eigenvalue weighted by atomic mass is 10.1. The topological polar surface area (TPSA) is 27.1 Å². The molecule has 1 unspecified atom stereocenters. The molecule has 1 aliphatic rings. The minimum absolute atomic E-state index is 0.106. The van der Waals surface area contributed by atoms with Crippen LogP contribution in [-0.4, -0.2) is 16.2 Å². The van der Waals surface area contributed by atoms with E-state index in [2.05, 4.69) is 47.0 Å². The number of fused-ring (bicyclic) bond motifs is 3. The third-order valence-corrected chi connectivity index (χ3v) is 3.91. The smallest absolute Gasteiger partial charge is 0.112 e. The summed E-state index contributed by atoms with van der Waals surface area (Å²) in [6.45, 7) is 1.60. The average Bonchev–Trinajstić information content (AvgIpc) is 2.71. The molecule has 0 bridgehead atoms. The summed E-state index contributed by atoms with van der Waals surface area (Å²) in [5.41, 5.74) is 3.52. The number of ether oxygens (including phenoxy) is 1. The summed E-state index contributed by atoms with van der Waals surface area (Å²) < 4.78 is 8.31. The summed E-state index contributed by atoms with van der Waals surface area (Å²) >= 11 is 0. The summed E-state index contributed by atoms with van der Waals surface area (Å²) in [6, 6.07) is 18.7. The van der Waals surface area contributed by atoms with Crippen LogP contribution in [0.4, 0.5) is 0 Å². The quantitative estimate of drug-likeness (QED) is 0.674. The van der Waals surface area contributed by atoms with E-state index < -0.39 is 0 Å². The second kappa shape index (κ2) is 4.76. The fourth-order valence-electron chi connectivity index (χ4n) is 2.92. The molecular weight excluding hydrogens is 248 g/mol. The highest BCUT2D eigenvalue weighted by Crippen LogP contribution is 2.27. The van der Waals surface area contributed by atoms with Crippen molar-refractivity contribution < 1.29 is 4.74 Å². The lowest BCUT2D eigenvalue weighted by molar-refractivity contribution is 0.0573. The number of nitrogens with zero attached hydrogens (tertiary/aromatic N) is 2. The molecule has 1 atom stereocenters. The second-order valence-corrected chi connectivity index (χ2v) is 5.14. The summed E-state index contributed by atoms with van der Waals surface area (Å²) in [4.78, 5) is 4.77. The number of benzene rings is 2. The maximum absolute atomic E-state index is 6.02. The Kier molecular flexibility index (Phi) is 2.78. The Morgan fingerprint density at radius 2 is 1.80 bits per heavy atom. The van der Waals surface area contributed by atoms with Gasteiger partial charge in [-0.3, -0.25) is 0 Å². The van der Waals surface area contributed by atoms with Crippen LogP contribution in [0.3, 0.4) is 0 Å². The Hall–Kier alpha value is -2.13. The van der Waals surface area contributed by atoms with Gasteiger partial charge in [0.25, 0.3) is 0 Å². The number of hydrogen-bond donors (Lipinski definition) is 0. The summed E-state index contributed by atoms with van der Waals surface area (Å²) in [5, 5.41) is 0. The van der Waals surface area contributed by atoms with Crippen molar-refractivity contribution in [1.82, 2.24) is 9.55 Å². The average molecular weight is 264 g/mol. The van der Waals surface area contributed by atoms with Gasteiger partial charge in [-0.2, -0.15) is 0 Å². The summed E-state index contributed by atoms with van der Waals surface area (Å²) in [6.07, 6.45) is 0.938. The Morgan fingerprint density at radius 1 is 1.00 bits per heavy atom. The SMILES string of the molecule is c1ccc(C2Cc3nc4ccccc4n3CCO2)cc1. The van der Waals surface area contributed by atoms with Crippen LogP contribution in [-0.2, 0) is 17.7 Å². The first-order valence-corrected chi connectivity index (χ1v) is 7.02. The van der Waals surface area contributed by atoms with Gasteiger partial charge in [0.15, 0.2) is 0 Å². The molecule has 1 aliphatic heterocycles. The highest BCUT2D eigenvalue weighted by atomic mass is 16.5. The van der Waals surface area contributed by atoms with Gasteiger partial charge in [0, 0.05) is 13.0 Å². The van der Waals surface area contributed by atoms with Crippen molar-refractivity contribution in [3.05, 3.63) is 66.0 Å². The molecule has 0 fully saturated rings. The van der Waals surface area contributed by atoms with Gasteiger partial charge in [0.05, 0.1) is 23.7 Å². The van der Waals surface area contributed by atoms with Crippen LogP contribution in [0.2, 0.25) is 0 Å². The maximum Gasteiger partial charge on any atom is 0.112 e. The van der Waals surface area contributed by atoms with Crippen LogP contribution in [0.1, 0.15) is 17.5 Å². The van der Waals surface area contributed by atoms with Crippen LogP contribution in [0.25, 0.3) is 11.0 Å². The predicted octanol–water partition coefficient (Wildman–Crippen LogP) is 3.35. The zero-order valence-corrected chi connectivity index (χ0v) is 11.2. The van der Waals surface area contributed by atoms with Gasteiger partial charge in [0.1, 0.15) is 5.82 Å². The first kappa shape index (κ1) is 11.7. The number of para-hydroxylation sites is 2. The van der Waals surface area contributed by atoms with E-state index in [4.69, 9.17) is 9.72 Å². The van der Waals surface area contributed by atoms with E-state index in [1.807, 2.05) is 12.1 Å². The molecule has 2 aromatic carbocycles.